The van der Waals surface area contributed by atoms with Crippen molar-refractivity contribution in [2.45, 2.75) is 235 Å². The Kier molecular flexibility index (Phi) is 16.6. The molecule has 16 heteroatoms. The Morgan fingerprint density at radius 2 is 1.20 bits per heavy atom. The van der Waals surface area contributed by atoms with Crippen molar-refractivity contribution in [3.05, 3.63) is 0 Å². The molecule has 0 spiro atoms. The predicted molar refractivity (Wildman–Crippen MR) is 252 cm³/mol. The maximum atomic E-state index is 12.2. The molecule has 0 amide bonds. The Morgan fingerprint density at radius 1 is 0.629 bits per heavy atom. The largest absolute Gasteiger partial charge is 0.458 e. The summed E-state index contributed by atoms with van der Waals surface area (Å²) in [7, 11) is 0. The molecule has 0 radical (unpaired) electrons. The molecular formula is C54H82O16. The molecule has 4 saturated heterocycles. The summed E-state index contributed by atoms with van der Waals surface area (Å²) >= 11 is 0. The third-order valence-electron chi connectivity index (χ3n) is 17.7. The molecule has 0 N–H and O–H groups in total. The standard InChI is InChI=1S/2C14H22O4.C13H18O4.C13H20O4/c1-5-13(2,3)11(15)17-9-6-7-14(4)8-10(9)18-12(14)16;1-5-13(2,3)12(16)18-14(4)7-6-9-8-10(14)17-11(9)15;1-3-6(2)12(14)16-10-7-4-8-9(5-7)13(15)17-11(8)10;1-4-13(2,3)12(15)17-9-6-5-8-7-10(9)16-11(8)14/h2*9-10H,5-8H2,1-4H3;6-11H,3-5H2,1-2H3;8-10H,4-7H2,1-3H3. The first-order valence-electron chi connectivity index (χ1n) is 26.3. The van der Waals surface area contributed by atoms with Gasteiger partial charge in [-0.2, -0.15) is 0 Å². The van der Waals surface area contributed by atoms with Crippen molar-refractivity contribution in [3.8, 4) is 0 Å². The second kappa shape index (κ2) is 21.1. The smallest absolute Gasteiger partial charge is 0.312 e. The molecule has 8 bridgehead atoms. The van der Waals surface area contributed by atoms with E-state index in [4.69, 9.17) is 37.9 Å². The van der Waals surface area contributed by atoms with Gasteiger partial charge in [0.05, 0.1) is 45.3 Å². The number of carbonyl (C=O) groups is 8. The summed E-state index contributed by atoms with van der Waals surface area (Å²) in [6.07, 6.45) is 9.80. The third kappa shape index (κ3) is 11.5. The van der Waals surface area contributed by atoms with E-state index in [0.717, 1.165) is 70.6 Å². The van der Waals surface area contributed by atoms with Crippen LogP contribution in [0.3, 0.4) is 0 Å². The number of hydrogen-bond donors (Lipinski definition) is 0. The average Bonchev–Trinajstić information content (AvgIpc) is 4.14. The fourth-order valence-corrected chi connectivity index (χ4v) is 10.7. The average molecular weight is 987 g/mol. The lowest BCUT2D eigenvalue weighted by atomic mass is 9.76. The zero-order chi connectivity index (χ0) is 51.9. The van der Waals surface area contributed by atoms with E-state index >= 15 is 0 Å². The first kappa shape index (κ1) is 55.1. The highest BCUT2D eigenvalue weighted by Gasteiger charge is 2.63. The summed E-state index contributed by atoms with van der Waals surface area (Å²) in [6.45, 7) is 24.8. The van der Waals surface area contributed by atoms with Crippen LogP contribution < -0.4 is 0 Å². The summed E-state index contributed by atoms with van der Waals surface area (Å²) in [5.74, 6) is -0.480. The molecule has 70 heavy (non-hydrogen) atoms. The van der Waals surface area contributed by atoms with E-state index in [1.54, 1.807) is 0 Å². The van der Waals surface area contributed by atoms with Gasteiger partial charge in [0.15, 0.2) is 0 Å². The van der Waals surface area contributed by atoms with Gasteiger partial charge in [-0.3, -0.25) is 38.4 Å². The first-order chi connectivity index (χ1) is 32.6. The summed E-state index contributed by atoms with van der Waals surface area (Å²) in [5.41, 5.74) is -2.41. The minimum atomic E-state index is -0.647. The number of ether oxygens (including phenoxy) is 8. The summed E-state index contributed by atoms with van der Waals surface area (Å²) in [5, 5.41) is 0. The van der Waals surface area contributed by atoms with Gasteiger partial charge in [0.1, 0.15) is 48.3 Å². The number of carbonyl (C=O) groups excluding carboxylic acids is 8. The van der Waals surface area contributed by atoms with Gasteiger partial charge in [0.2, 0.25) is 0 Å². The van der Waals surface area contributed by atoms with Gasteiger partial charge in [0.25, 0.3) is 0 Å². The van der Waals surface area contributed by atoms with Crippen LogP contribution in [0.15, 0.2) is 0 Å². The molecule has 9 fully saturated rings. The van der Waals surface area contributed by atoms with Gasteiger partial charge < -0.3 is 37.9 Å². The van der Waals surface area contributed by atoms with Crippen LogP contribution in [0.2, 0.25) is 0 Å². The van der Waals surface area contributed by atoms with Crippen molar-refractivity contribution in [1.82, 2.24) is 0 Å². The molecule has 4 heterocycles. The van der Waals surface area contributed by atoms with Crippen LogP contribution in [0, 0.1) is 57.2 Å². The molecule has 0 aromatic heterocycles. The maximum absolute atomic E-state index is 12.2. The molecule has 9 aliphatic rings. The zero-order valence-corrected chi connectivity index (χ0v) is 44.1. The third-order valence-corrected chi connectivity index (χ3v) is 17.7. The van der Waals surface area contributed by atoms with Gasteiger partial charge in [0, 0.05) is 31.1 Å². The molecule has 15 atom stereocenters. The second-order valence-corrected chi connectivity index (χ2v) is 24.0. The highest BCUT2D eigenvalue weighted by Crippen LogP contribution is 2.55. The zero-order valence-electron chi connectivity index (χ0n) is 44.1. The minimum Gasteiger partial charge on any atom is -0.458 e. The Bertz CT molecular complexity index is 2010. The molecular weight excluding hydrogens is 905 g/mol. The monoisotopic (exact) mass is 987 g/mol. The number of esters is 8. The second-order valence-electron chi connectivity index (χ2n) is 24.0. The van der Waals surface area contributed by atoms with Gasteiger partial charge in [-0.15, -0.1) is 0 Å². The number of fused-ring (bicyclic) bond motifs is 7. The van der Waals surface area contributed by atoms with Crippen LogP contribution in [-0.2, 0) is 76.3 Å². The van der Waals surface area contributed by atoms with Gasteiger partial charge in [-0.05, 0) is 132 Å². The predicted octanol–water partition coefficient (Wildman–Crippen LogP) is 8.49. The van der Waals surface area contributed by atoms with Crippen molar-refractivity contribution >= 4 is 47.8 Å². The van der Waals surface area contributed by atoms with Crippen molar-refractivity contribution in [3.63, 3.8) is 0 Å². The molecule has 9 rings (SSSR count). The Labute approximate surface area is 414 Å². The molecule has 5 saturated carbocycles. The van der Waals surface area contributed by atoms with E-state index < -0.39 is 21.8 Å². The summed E-state index contributed by atoms with van der Waals surface area (Å²) in [6, 6.07) is 0. The van der Waals surface area contributed by atoms with Crippen LogP contribution in [-0.4, -0.2) is 96.1 Å². The van der Waals surface area contributed by atoms with Crippen LogP contribution >= 0.6 is 0 Å². The molecule has 15 unspecified atom stereocenters. The Morgan fingerprint density at radius 3 is 1.80 bits per heavy atom. The fraction of sp³-hybridized carbons (Fsp3) is 0.852. The van der Waals surface area contributed by atoms with E-state index in [2.05, 4.69) is 0 Å². The molecule has 4 aliphatic heterocycles. The highest BCUT2D eigenvalue weighted by atomic mass is 16.6. The van der Waals surface area contributed by atoms with E-state index in [1.165, 1.54) is 0 Å². The lowest BCUT2D eigenvalue weighted by molar-refractivity contribution is -0.186. The lowest BCUT2D eigenvalue weighted by Crippen LogP contribution is -2.47. The van der Waals surface area contributed by atoms with E-state index in [-0.39, 0.29) is 120 Å². The van der Waals surface area contributed by atoms with Crippen molar-refractivity contribution in [1.29, 1.82) is 0 Å². The minimum absolute atomic E-state index is 0.0148. The first-order valence-corrected chi connectivity index (χ1v) is 26.3. The van der Waals surface area contributed by atoms with Gasteiger partial charge in [-0.1, -0.05) is 34.6 Å². The quantitative estimate of drug-likeness (QED) is 0.133. The molecule has 0 aromatic rings. The molecule has 0 aromatic carbocycles. The number of hydrogen-bond acceptors (Lipinski definition) is 16. The van der Waals surface area contributed by atoms with Crippen LogP contribution in [0.1, 0.15) is 186 Å². The van der Waals surface area contributed by atoms with Gasteiger partial charge >= 0.3 is 47.8 Å². The molecule has 16 nitrogen and oxygen atoms in total. The lowest BCUT2D eigenvalue weighted by Gasteiger charge is -2.38. The van der Waals surface area contributed by atoms with Crippen molar-refractivity contribution < 1.29 is 76.3 Å². The normalized spacial score (nSPS) is 36.5. The highest BCUT2D eigenvalue weighted by molar-refractivity contribution is 5.81. The van der Waals surface area contributed by atoms with Gasteiger partial charge in [-0.25, -0.2) is 0 Å². The molecule has 5 aliphatic carbocycles. The topological polar surface area (TPSA) is 210 Å². The van der Waals surface area contributed by atoms with Crippen LogP contribution in [0.5, 0.6) is 0 Å². The summed E-state index contributed by atoms with van der Waals surface area (Å²) in [4.78, 5) is 94.1. The Hall–Kier alpha value is -4.24. The SMILES string of the molecule is CCC(C)(C)C(=O)OC1(C)CCC2CC1OC2=O.CCC(C)(C)C(=O)OC1CCC2(C)CC1OC2=O.CCC(C)(C)C(=O)OC1CCC2CC1OC2=O.CCC(C)C(=O)OC1C2CC3C(=O)OC1C3C2. The molecule has 394 valence electrons. The van der Waals surface area contributed by atoms with Crippen LogP contribution in [0.4, 0.5) is 0 Å². The van der Waals surface area contributed by atoms with E-state index in [1.807, 2.05) is 90.0 Å². The van der Waals surface area contributed by atoms with E-state index in [9.17, 15) is 38.4 Å². The fourth-order valence-electron chi connectivity index (χ4n) is 10.7. The van der Waals surface area contributed by atoms with Crippen molar-refractivity contribution in [2.24, 2.45) is 57.2 Å². The van der Waals surface area contributed by atoms with E-state index in [0.29, 0.717) is 37.5 Å². The summed E-state index contributed by atoms with van der Waals surface area (Å²) < 4.78 is 43.6. The maximum Gasteiger partial charge on any atom is 0.312 e. The number of rotatable bonds is 12. The van der Waals surface area contributed by atoms with Crippen molar-refractivity contribution in [2.75, 3.05) is 0 Å². The van der Waals surface area contributed by atoms with Crippen LogP contribution in [0.25, 0.3) is 0 Å². The Balaban J connectivity index is 0.000000153.